The molecule has 17 heavy (non-hydrogen) atoms. The van der Waals surface area contributed by atoms with Crippen molar-refractivity contribution in [1.82, 2.24) is 5.32 Å². The molecule has 1 rings (SSSR count). The van der Waals surface area contributed by atoms with Crippen LogP contribution < -0.4 is 5.32 Å². The summed E-state index contributed by atoms with van der Waals surface area (Å²) in [6, 6.07) is 7.49. The average molecular weight is 274 g/mol. The third kappa shape index (κ3) is 5.94. The van der Waals surface area contributed by atoms with E-state index in [4.69, 9.17) is 23.2 Å². The van der Waals surface area contributed by atoms with Crippen LogP contribution in [0.25, 0.3) is 0 Å². The molecule has 0 aliphatic carbocycles. The van der Waals surface area contributed by atoms with Gasteiger partial charge in [0.2, 0.25) is 5.91 Å². The molecular weight excluding hydrogens is 257 g/mol. The van der Waals surface area contributed by atoms with Crippen molar-refractivity contribution in [3.8, 4) is 0 Å². The van der Waals surface area contributed by atoms with Crippen molar-refractivity contribution in [1.29, 1.82) is 0 Å². The van der Waals surface area contributed by atoms with Crippen LogP contribution in [0.1, 0.15) is 25.3 Å². The summed E-state index contributed by atoms with van der Waals surface area (Å²) in [4.78, 5) is 11.7. The predicted molar refractivity (Wildman–Crippen MR) is 72.7 cm³/mol. The number of alkyl halides is 1. The van der Waals surface area contributed by atoms with Gasteiger partial charge < -0.3 is 5.32 Å². The number of benzene rings is 1. The second-order valence-electron chi connectivity index (χ2n) is 4.10. The van der Waals surface area contributed by atoms with Crippen LogP contribution in [-0.4, -0.2) is 17.8 Å². The molecule has 0 heterocycles. The van der Waals surface area contributed by atoms with E-state index in [1.165, 1.54) is 0 Å². The second kappa shape index (κ2) is 7.57. The maximum Gasteiger partial charge on any atom is 0.224 e. The fourth-order valence-electron chi connectivity index (χ4n) is 1.57. The number of nitrogens with one attached hydrogen (secondary N) is 1. The molecule has 1 aromatic rings. The Morgan fingerprint density at radius 1 is 1.35 bits per heavy atom. The first-order valence-corrected chi connectivity index (χ1v) is 6.63. The van der Waals surface area contributed by atoms with Crippen molar-refractivity contribution in [3.05, 3.63) is 34.9 Å². The van der Waals surface area contributed by atoms with Gasteiger partial charge in [0.1, 0.15) is 0 Å². The fraction of sp³-hybridized carbons (Fsp3) is 0.462. The highest BCUT2D eigenvalue weighted by atomic mass is 35.5. The third-order valence-corrected chi connectivity index (χ3v) is 2.98. The minimum absolute atomic E-state index is 0.0365. The number of rotatable bonds is 6. The third-order valence-electron chi connectivity index (χ3n) is 2.46. The first-order valence-electron chi connectivity index (χ1n) is 5.71. The molecule has 0 bridgehead atoms. The normalized spacial score (nSPS) is 12.2. The van der Waals surface area contributed by atoms with Crippen molar-refractivity contribution >= 4 is 29.1 Å². The molecule has 1 amide bonds. The van der Waals surface area contributed by atoms with Crippen molar-refractivity contribution in [2.75, 3.05) is 5.88 Å². The van der Waals surface area contributed by atoms with E-state index in [-0.39, 0.29) is 11.9 Å². The number of halogens is 2. The summed E-state index contributed by atoms with van der Waals surface area (Å²) in [6.07, 6.45) is 2.22. The summed E-state index contributed by atoms with van der Waals surface area (Å²) >= 11 is 11.4. The lowest BCUT2D eigenvalue weighted by atomic mass is 10.1. The topological polar surface area (TPSA) is 29.1 Å². The zero-order valence-corrected chi connectivity index (χ0v) is 11.4. The molecule has 0 saturated carbocycles. The number of hydrogen-bond acceptors (Lipinski definition) is 1. The maximum absolute atomic E-state index is 11.7. The molecule has 1 unspecified atom stereocenters. The van der Waals surface area contributed by atoms with Crippen LogP contribution in [0.5, 0.6) is 0 Å². The molecule has 4 heteroatoms. The van der Waals surface area contributed by atoms with Gasteiger partial charge in [-0.3, -0.25) is 4.79 Å². The minimum atomic E-state index is 0.0365. The summed E-state index contributed by atoms with van der Waals surface area (Å²) in [7, 11) is 0. The Morgan fingerprint density at radius 2 is 2.00 bits per heavy atom. The summed E-state index contributed by atoms with van der Waals surface area (Å²) in [6.45, 7) is 1.99. The molecule has 1 aromatic carbocycles. The molecule has 0 radical (unpaired) electrons. The lowest BCUT2D eigenvalue weighted by Crippen LogP contribution is -2.33. The van der Waals surface area contributed by atoms with Crippen molar-refractivity contribution in [2.24, 2.45) is 0 Å². The van der Waals surface area contributed by atoms with Gasteiger partial charge in [-0.1, -0.05) is 23.7 Å². The van der Waals surface area contributed by atoms with Crippen LogP contribution in [0, 0.1) is 0 Å². The summed E-state index contributed by atoms with van der Waals surface area (Å²) in [5, 5.41) is 3.63. The van der Waals surface area contributed by atoms with Gasteiger partial charge in [-0.05, 0) is 37.5 Å². The Morgan fingerprint density at radius 3 is 2.59 bits per heavy atom. The lowest BCUT2D eigenvalue weighted by Gasteiger charge is -2.13. The Kier molecular flexibility index (Phi) is 6.38. The highest BCUT2D eigenvalue weighted by Crippen LogP contribution is 2.10. The molecule has 0 aliphatic heterocycles. The molecular formula is C13H17Cl2NO. The van der Waals surface area contributed by atoms with Crippen LogP contribution in [0.3, 0.4) is 0 Å². The van der Waals surface area contributed by atoms with Crippen molar-refractivity contribution in [3.63, 3.8) is 0 Å². The molecule has 0 aromatic heterocycles. The van der Waals surface area contributed by atoms with Crippen LogP contribution in [-0.2, 0) is 11.2 Å². The largest absolute Gasteiger partial charge is 0.353 e. The van der Waals surface area contributed by atoms with Crippen LogP contribution in [0.15, 0.2) is 24.3 Å². The molecule has 1 atom stereocenters. The summed E-state index contributed by atoms with van der Waals surface area (Å²) in [5.41, 5.74) is 0.969. The molecule has 0 saturated heterocycles. The first-order chi connectivity index (χ1) is 8.11. The van der Waals surface area contributed by atoms with Gasteiger partial charge in [0.25, 0.3) is 0 Å². The van der Waals surface area contributed by atoms with Crippen LogP contribution >= 0.6 is 23.2 Å². The highest BCUT2D eigenvalue weighted by molar-refractivity contribution is 6.30. The van der Waals surface area contributed by atoms with E-state index in [1.54, 1.807) is 12.1 Å². The molecule has 94 valence electrons. The quantitative estimate of drug-likeness (QED) is 0.791. The fourth-order valence-corrected chi connectivity index (χ4v) is 1.85. The number of amides is 1. The van der Waals surface area contributed by atoms with E-state index in [9.17, 15) is 4.79 Å². The van der Waals surface area contributed by atoms with Crippen molar-refractivity contribution in [2.45, 2.75) is 32.2 Å². The van der Waals surface area contributed by atoms with Gasteiger partial charge in [0, 0.05) is 16.9 Å². The van der Waals surface area contributed by atoms with E-state index in [0.717, 1.165) is 18.4 Å². The Labute approximate surface area is 112 Å². The van der Waals surface area contributed by atoms with E-state index in [2.05, 4.69) is 5.32 Å². The van der Waals surface area contributed by atoms with E-state index in [1.807, 2.05) is 19.1 Å². The van der Waals surface area contributed by atoms with E-state index in [0.29, 0.717) is 17.3 Å². The zero-order valence-electron chi connectivity index (χ0n) is 9.88. The monoisotopic (exact) mass is 273 g/mol. The first kappa shape index (κ1) is 14.3. The van der Waals surface area contributed by atoms with Gasteiger partial charge >= 0.3 is 0 Å². The zero-order chi connectivity index (χ0) is 12.7. The lowest BCUT2D eigenvalue weighted by molar-refractivity contribution is -0.121. The number of carbonyl (C=O) groups excluding carboxylic acids is 1. The van der Waals surface area contributed by atoms with Gasteiger partial charge in [-0.25, -0.2) is 0 Å². The molecule has 1 N–H and O–H groups in total. The predicted octanol–water partition coefficient (Wildman–Crippen LogP) is 3.41. The van der Waals surface area contributed by atoms with Crippen LogP contribution in [0.2, 0.25) is 5.02 Å². The van der Waals surface area contributed by atoms with Gasteiger partial charge in [0.05, 0.1) is 6.42 Å². The Hall–Kier alpha value is -0.730. The van der Waals surface area contributed by atoms with Gasteiger partial charge in [0.15, 0.2) is 0 Å². The van der Waals surface area contributed by atoms with Crippen molar-refractivity contribution < 1.29 is 4.79 Å². The summed E-state index contributed by atoms with van der Waals surface area (Å²) < 4.78 is 0. The second-order valence-corrected chi connectivity index (χ2v) is 4.92. The van der Waals surface area contributed by atoms with E-state index < -0.39 is 0 Å². The molecule has 0 aliphatic rings. The van der Waals surface area contributed by atoms with Gasteiger partial charge in [-0.15, -0.1) is 11.6 Å². The minimum Gasteiger partial charge on any atom is -0.353 e. The number of carbonyl (C=O) groups is 1. The van der Waals surface area contributed by atoms with Crippen LogP contribution in [0.4, 0.5) is 0 Å². The Balaban J connectivity index is 2.36. The SMILES string of the molecule is CC(CCCCl)NC(=O)Cc1ccc(Cl)cc1. The Bertz CT molecular complexity index is 351. The average Bonchev–Trinajstić information content (AvgIpc) is 2.29. The molecule has 2 nitrogen and oxygen atoms in total. The maximum atomic E-state index is 11.7. The standard InChI is InChI=1S/C13H17Cl2NO/c1-10(3-2-8-14)16-13(17)9-11-4-6-12(15)7-5-11/h4-7,10H,2-3,8-9H2,1H3,(H,16,17). The summed E-state index contributed by atoms with van der Waals surface area (Å²) in [5.74, 6) is 0.673. The number of hydrogen-bond donors (Lipinski definition) is 1. The molecule has 0 fully saturated rings. The molecule has 0 spiro atoms. The van der Waals surface area contributed by atoms with E-state index >= 15 is 0 Å². The van der Waals surface area contributed by atoms with Gasteiger partial charge in [-0.2, -0.15) is 0 Å². The smallest absolute Gasteiger partial charge is 0.224 e. The highest BCUT2D eigenvalue weighted by Gasteiger charge is 2.07.